The molecule has 0 aromatic heterocycles. The van der Waals surface area contributed by atoms with Crippen molar-refractivity contribution in [2.45, 2.75) is 71.4 Å². The fraction of sp³-hybridized carbons (Fsp3) is 1.00. The molecular formula is C17H38N2O2. The number of hydrogen-bond donors (Lipinski definition) is 2. The molecule has 0 aliphatic rings. The Morgan fingerprint density at radius 3 is 2.33 bits per heavy atom. The van der Waals surface area contributed by atoms with E-state index in [-0.39, 0.29) is 12.1 Å². The van der Waals surface area contributed by atoms with Crippen LogP contribution in [0.1, 0.15) is 59.8 Å². The van der Waals surface area contributed by atoms with E-state index in [4.69, 9.17) is 4.74 Å². The Balaban J connectivity index is 4.31. The third-order valence-electron chi connectivity index (χ3n) is 4.37. The highest BCUT2D eigenvalue weighted by Gasteiger charge is 2.23. The van der Waals surface area contributed by atoms with Crippen LogP contribution < -0.4 is 5.32 Å². The van der Waals surface area contributed by atoms with Gasteiger partial charge in [-0.25, -0.2) is 0 Å². The number of aliphatic hydroxyl groups excluding tert-OH is 1. The van der Waals surface area contributed by atoms with Crippen molar-refractivity contribution in [3.63, 3.8) is 0 Å². The minimum absolute atomic E-state index is 0.142. The molecule has 0 aliphatic carbocycles. The summed E-state index contributed by atoms with van der Waals surface area (Å²) < 4.78 is 5.24. The summed E-state index contributed by atoms with van der Waals surface area (Å²) in [5, 5.41) is 13.1. The first kappa shape index (κ1) is 20.8. The maximum absolute atomic E-state index is 9.62. The largest absolute Gasteiger partial charge is 0.394 e. The van der Waals surface area contributed by atoms with Gasteiger partial charge < -0.3 is 15.2 Å². The molecule has 0 amide bonds. The number of rotatable bonds is 14. The van der Waals surface area contributed by atoms with Crippen LogP contribution in [0, 0.1) is 0 Å². The van der Waals surface area contributed by atoms with Crippen molar-refractivity contribution < 1.29 is 9.84 Å². The van der Waals surface area contributed by atoms with E-state index >= 15 is 0 Å². The zero-order chi connectivity index (χ0) is 16.1. The van der Waals surface area contributed by atoms with Crippen LogP contribution in [0.4, 0.5) is 0 Å². The van der Waals surface area contributed by atoms with Gasteiger partial charge in [0, 0.05) is 25.2 Å². The Morgan fingerprint density at radius 2 is 1.86 bits per heavy atom. The van der Waals surface area contributed by atoms with Crippen molar-refractivity contribution in [1.29, 1.82) is 0 Å². The van der Waals surface area contributed by atoms with Gasteiger partial charge in [-0.1, -0.05) is 20.8 Å². The van der Waals surface area contributed by atoms with Crippen LogP contribution in [-0.4, -0.2) is 61.5 Å². The quantitative estimate of drug-likeness (QED) is 0.518. The fourth-order valence-electron chi connectivity index (χ4n) is 2.81. The summed E-state index contributed by atoms with van der Waals surface area (Å²) in [6.45, 7) is 12.8. The molecule has 0 radical (unpaired) electrons. The van der Waals surface area contributed by atoms with Crippen LogP contribution in [0.25, 0.3) is 0 Å². The zero-order valence-corrected chi connectivity index (χ0v) is 15.0. The number of nitrogens with one attached hydrogen (secondary N) is 1. The van der Waals surface area contributed by atoms with Gasteiger partial charge in [-0.05, 0) is 52.1 Å². The Labute approximate surface area is 132 Å². The van der Waals surface area contributed by atoms with Crippen molar-refractivity contribution in [3.8, 4) is 0 Å². The summed E-state index contributed by atoms with van der Waals surface area (Å²) >= 11 is 0. The second-order valence-corrected chi connectivity index (χ2v) is 6.25. The summed E-state index contributed by atoms with van der Waals surface area (Å²) in [4.78, 5) is 2.54. The van der Waals surface area contributed by atoms with Gasteiger partial charge in [-0.2, -0.15) is 0 Å². The number of hydrogen-bond acceptors (Lipinski definition) is 4. The highest BCUT2D eigenvalue weighted by Crippen LogP contribution is 2.15. The summed E-state index contributed by atoms with van der Waals surface area (Å²) in [6.07, 6.45) is 5.58. The Bertz CT molecular complexity index is 235. The van der Waals surface area contributed by atoms with Crippen LogP contribution in [0.3, 0.4) is 0 Å². The average molecular weight is 303 g/mol. The van der Waals surface area contributed by atoms with Gasteiger partial charge in [0.15, 0.2) is 0 Å². The Kier molecular flexibility index (Phi) is 12.3. The highest BCUT2D eigenvalue weighted by molar-refractivity contribution is 4.83. The first-order chi connectivity index (χ1) is 10.1. The van der Waals surface area contributed by atoms with E-state index in [0.717, 1.165) is 45.5 Å². The highest BCUT2D eigenvalue weighted by atomic mass is 16.5. The lowest BCUT2D eigenvalue weighted by atomic mass is 9.96. The van der Waals surface area contributed by atoms with Crippen LogP contribution in [-0.2, 0) is 4.74 Å². The first-order valence-corrected chi connectivity index (χ1v) is 8.65. The maximum atomic E-state index is 9.62. The SMILES string of the molecule is CCCNC(C)(CO)CCCN(CCOC)C(CC)CC. The number of ether oxygens (including phenoxy) is 1. The molecule has 0 spiro atoms. The van der Waals surface area contributed by atoms with E-state index in [9.17, 15) is 5.11 Å². The lowest BCUT2D eigenvalue weighted by Gasteiger charge is -2.33. The molecule has 0 aromatic rings. The van der Waals surface area contributed by atoms with Gasteiger partial charge in [-0.3, -0.25) is 4.90 Å². The average Bonchev–Trinajstić information content (AvgIpc) is 2.51. The van der Waals surface area contributed by atoms with E-state index < -0.39 is 0 Å². The molecule has 0 aromatic carbocycles. The van der Waals surface area contributed by atoms with Gasteiger partial charge in [0.1, 0.15) is 0 Å². The van der Waals surface area contributed by atoms with Crippen molar-refractivity contribution in [3.05, 3.63) is 0 Å². The van der Waals surface area contributed by atoms with Crippen molar-refractivity contribution in [2.75, 3.05) is 40.0 Å². The second-order valence-electron chi connectivity index (χ2n) is 6.25. The molecule has 0 saturated carbocycles. The summed E-state index contributed by atoms with van der Waals surface area (Å²) in [5.74, 6) is 0. The van der Waals surface area contributed by atoms with Gasteiger partial charge in [0.05, 0.1) is 13.2 Å². The van der Waals surface area contributed by atoms with Crippen LogP contribution in [0.2, 0.25) is 0 Å². The molecule has 0 rings (SSSR count). The summed E-state index contributed by atoms with van der Waals surface area (Å²) in [7, 11) is 1.77. The third kappa shape index (κ3) is 8.77. The Morgan fingerprint density at radius 1 is 1.19 bits per heavy atom. The maximum Gasteiger partial charge on any atom is 0.0610 e. The predicted molar refractivity (Wildman–Crippen MR) is 90.8 cm³/mol. The predicted octanol–water partition coefficient (Wildman–Crippen LogP) is 2.65. The van der Waals surface area contributed by atoms with E-state index in [2.05, 4.69) is 37.9 Å². The standard InChI is InChI=1S/C17H38N2O2/c1-6-11-18-17(4,15-20)10-9-12-19(13-14-21-5)16(7-2)8-3/h16,18,20H,6-15H2,1-5H3. The summed E-state index contributed by atoms with van der Waals surface area (Å²) in [6, 6.07) is 0.643. The Hall–Kier alpha value is -0.160. The van der Waals surface area contributed by atoms with Gasteiger partial charge in [0.25, 0.3) is 0 Å². The molecule has 2 N–H and O–H groups in total. The van der Waals surface area contributed by atoms with Gasteiger partial charge >= 0.3 is 0 Å². The summed E-state index contributed by atoms with van der Waals surface area (Å²) in [5.41, 5.74) is -0.142. The minimum Gasteiger partial charge on any atom is -0.394 e. The van der Waals surface area contributed by atoms with Crippen molar-refractivity contribution in [2.24, 2.45) is 0 Å². The van der Waals surface area contributed by atoms with E-state index in [1.165, 1.54) is 12.8 Å². The van der Waals surface area contributed by atoms with E-state index in [0.29, 0.717) is 6.04 Å². The monoisotopic (exact) mass is 302 g/mol. The van der Waals surface area contributed by atoms with Crippen LogP contribution >= 0.6 is 0 Å². The number of nitrogens with zero attached hydrogens (tertiary/aromatic N) is 1. The number of aliphatic hydroxyl groups is 1. The molecule has 1 unspecified atom stereocenters. The van der Waals surface area contributed by atoms with Crippen molar-refractivity contribution >= 4 is 0 Å². The lowest BCUT2D eigenvalue weighted by Crippen LogP contribution is -2.47. The molecule has 0 fully saturated rings. The van der Waals surface area contributed by atoms with Crippen LogP contribution in [0.15, 0.2) is 0 Å². The third-order valence-corrected chi connectivity index (χ3v) is 4.37. The number of methoxy groups -OCH3 is 1. The molecule has 4 heteroatoms. The topological polar surface area (TPSA) is 44.7 Å². The molecule has 0 saturated heterocycles. The second kappa shape index (κ2) is 12.4. The fourth-order valence-corrected chi connectivity index (χ4v) is 2.81. The lowest BCUT2D eigenvalue weighted by molar-refractivity contribution is 0.106. The smallest absolute Gasteiger partial charge is 0.0610 e. The van der Waals surface area contributed by atoms with Gasteiger partial charge in [-0.15, -0.1) is 0 Å². The molecule has 1 atom stereocenters. The van der Waals surface area contributed by atoms with E-state index in [1.807, 2.05) is 0 Å². The molecule has 0 heterocycles. The molecular weight excluding hydrogens is 264 g/mol. The molecule has 4 nitrogen and oxygen atoms in total. The van der Waals surface area contributed by atoms with Crippen LogP contribution in [0.5, 0.6) is 0 Å². The molecule has 0 aliphatic heterocycles. The normalized spacial score (nSPS) is 14.9. The molecule has 0 bridgehead atoms. The zero-order valence-electron chi connectivity index (χ0n) is 15.0. The van der Waals surface area contributed by atoms with Gasteiger partial charge in [0.2, 0.25) is 0 Å². The first-order valence-electron chi connectivity index (χ1n) is 8.65. The van der Waals surface area contributed by atoms with Crippen molar-refractivity contribution in [1.82, 2.24) is 10.2 Å². The molecule has 128 valence electrons. The molecule has 21 heavy (non-hydrogen) atoms. The van der Waals surface area contributed by atoms with E-state index in [1.54, 1.807) is 7.11 Å². The minimum atomic E-state index is -0.142.